The summed E-state index contributed by atoms with van der Waals surface area (Å²) in [4.78, 5) is 11.2. The third-order valence-corrected chi connectivity index (χ3v) is 3.58. The fourth-order valence-corrected chi connectivity index (χ4v) is 2.31. The fraction of sp³-hybridized carbons (Fsp3) is 0.917. The Hall–Kier alpha value is -0.570. The summed E-state index contributed by atoms with van der Waals surface area (Å²) in [6, 6.07) is 0. The van der Waals surface area contributed by atoms with Gasteiger partial charge in [-0.1, -0.05) is 13.8 Å². The van der Waals surface area contributed by atoms with Gasteiger partial charge in [0.15, 0.2) is 0 Å². The van der Waals surface area contributed by atoms with Crippen LogP contribution in [0.1, 0.15) is 52.4 Å². The van der Waals surface area contributed by atoms with Gasteiger partial charge in [0, 0.05) is 6.61 Å². The van der Waals surface area contributed by atoms with Crippen LogP contribution in [-0.4, -0.2) is 23.8 Å². The van der Waals surface area contributed by atoms with Crippen molar-refractivity contribution in [1.82, 2.24) is 0 Å². The van der Waals surface area contributed by atoms with Crippen molar-refractivity contribution in [1.29, 1.82) is 0 Å². The maximum atomic E-state index is 11.2. The third-order valence-electron chi connectivity index (χ3n) is 3.58. The molecule has 1 fully saturated rings. The molecular formula is C12H22O3. The van der Waals surface area contributed by atoms with Crippen molar-refractivity contribution in [2.75, 3.05) is 6.61 Å². The number of carboxylic acid groups (broad SMARTS) is 1. The van der Waals surface area contributed by atoms with Crippen molar-refractivity contribution >= 4 is 5.97 Å². The van der Waals surface area contributed by atoms with Crippen LogP contribution in [0.4, 0.5) is 0 Å². The largest absolute Gasteiger partial charge is 0.481 e. The summed E-state index contributed by atoms with van der Waals surface area (Å²) in [5.74, 6) is -0.626. The van der Waals surface area contributed by atoms with Crippen molar-refractivity contribution in [2.24, 2.45) is 5.41 Å². The Labute approximate surface area is 91.8 Å². The van der Waals surface area contributed by atoms with Gasteiger partial charge in [-0.15, -0.1) is 0 Å². The highest BCUT2D eigenvalue weighted by Crippen LogP contribution is 2.40. The van der Waals surface area contributed by atoms with Crippen molar-refractivity contribution in [3.05, 3.63) is 0 Å². The molecule has 0 atom stereocenters. The zero-order valence-electron chi connectivity index (χ0n) is 9.79. The molecule has 0 aromatic carbocycles. The van der Waals surface area contributed by atoms with Gasteiger partial charge in [0.2, 0.25) is 0 Å². The van der Waals surface area contributed by atoms with E-state index in [4.69, 9.17) is 4.74 Å². The van der Waals surface area contributed by atoms with Gasteiger partial charge < -0.3 is 9.84 Å². The molecule has 88 valence electrons. The lowest BCUT2D eigenvalue weighted by molar-refractivity contribution is -0.153. The predicted octanol–water partition coefficient (Wildman–Crippen LogP) is 2.84. The van der Waals surface area contributed by atoms with E-state index in [-0.39, 0.29) is 0 Å². The summed E-state index contributed by atoms with van der Waals surface area (Å²) < 4.78 is 5.66. The molecule has 0 aromatic heterocycles. The summed E-state index contributed by atoms with van der Waals surface area (Å²) in [7, 11) is 0. The van der Waals surface area contributed by atoms with Crippen LogP contribution in [0.15, 0.2) is 0 Å². The van der Waals surface area contributed by atoms with Crippen LogP contribution in [0.2, 0.25) is 0 Å². The van der Waals surface area contributed by atoms with Crippen LogP contribution >= 0.6 is 0 Å². The van der Waals surface area contributed by atoms with E-state index in [1.54, 1.807) is 0 Å². The lowest BCUT2D eigenvalue weighted by atomic mass is 9.71. The zero-order valence-corrected chi connectivity index (χ0v) is 9.79. The predicted molar refractivity (Wildman–Crippen MR) is 58.9 cm³/mol. The molecule has 0 unspecified atom stereocenters. The van der Waals surface area contributed by atoms with Crippen LogP contribution in [0.25, 0.3) is 0 Å². The average molecular weight is 214 g/mol. The van der Waals surface area contributed by atoms with E-state index in [1.165, 1.54) is 0 Å². The van der Waals surface area contributed by atoms with E-state index in [2.05, 4.69) is 6.92 Å². The van der Waals surface area contributed by atoms with Crippen LogP contribution in [0.5, 0.6) is 0 Å². The Balaban J connectivity index is 2.42. The first-order valence-corrected chi connectivity index (χ1v) is 5.99. The van der Waals surface area contributed by atoms with Gasteiger partial charge in [-0.25, -0.2) is 0 Å². The van der Waals surface area contributed by atoms with Gasteiger partial charge >= 0.3 is 5.97 Å². The monoisotopic (exact) mass is 214 g/mol. The summed E-state index contributed by atoms with van der Waals surface area (Å²) in [6.07, 6.45) is 5.42. The molecule has 3 nitrogen and oxygen atoms in total. The molecule has 0 bridgehead atoms. The Bertz CT molecular complexity index is 205. The second-order valence-corrected chi connectivity index (χ2v) is 4.51. The minimum atomic E-state index is -0.626. The number of hydrogen-bond donors (Lipinski definition) is 1. The molecule has 15 heavy (non-hydrogen) atoms. The normalized spacial score (nSPS) is 31.5. The maximum Gasteiger partial charge on any atom is 0.309 e. The van der Waals surface area contributed by atoms with Crippen LogP contribution < -0.4 is 0 Å². The molecule has 0 amide bonds. The molecule has 1 rings (SSSR count). The van der Waals surface area contributed by atoms with Gasteiger partial charge in [0.05, 0.1) is 11.5 Å². The lowest BCUT2D eigenvalue weighted by Crippen LogP contribution is -2.37. The van der Waals surface area contributed by atoms with Gasteiger partial charge in [0.1, 0.15) is 0 Å². The van der Waals surface area contributed by atoms with Crippen molar-refractivity contribution in [2.45, 2.75) is 58.5 Å². The first kappa shape index (κ1) is 12.5. The first-order valence-electron chi connectivity index (χ1n) is 5.99. The highest BCUT2D eigenvalue weighted by atomic mass is 16.5. The van der Waals surface area contributed by atoms with E-state index in [0.717, 1.165) is 45.1 Å². The molecule has 1 aliphatic rings. The summed E-state index contributed by atoms with van der Waals surface area (Å²) in [5.41, 5.74) is -0.466. The molecule has 0 saturated heterocycles. The third kappa shape index (κ3) is 2.94. The topological polar surface area (TPSA) is 46.5 Å². The summed E-state index contributed by atoms with van der Waals surface area (Å²) in [6.45, 7) is 4.87. The van der Waals surface area contributed by atoms with E-state index in [0.29, 0.717) is 6.10 Å². The maximum absolute atomic E-state index is 11.2. The van der Waals surface area contributed by atoms with Crippen LogP contribution in [0, 0.1) is 5.41 Å². The molecule has 0 heterocycles. The SMILES string of the molecule is CCCO[C@H]1CC[C@](CC)(C(=O)O)CC1. The van der Waals surface area contributed by atoms with Gasteiger partial charge in [-0.2, -0.15) is 0 Å². The molecule has 1 saturated carbocycles. The minimum absolute atomic E-state index is 0.295. The lowest BCUT2D eigenvalue weighted by Gasteiger charge is -2.35. The van der Waals surface area contributed by atoms with Crippen molar-refractivity contribution < 1.29 is 14.6 Å². The first-order chi connectivity index (χ1) is 7.14. The van der Waals surface area contributed by atoms with Gasteiger partial charge in [-0.05, 0) is 38.5 Å². The van der Waals surface area contributed by atoms with E-state index < -0.39 is 11.4 Å². The Morgan fingerprint density at radius 3 is 2.40 bits per heavy atom. The van der Waals surface area contributed by atoms with E-state index in [9.17, 15) is 9.90 Å². The Morgan fingerprint density at radius 1 is 1.40 bits per heavy atom. The summed E-state index contributed by atoms with van der Waals surface area (Å²) in [5, 5.41) is 9.21. The molecule has 1 N–H and O–H groups in total. The van der Waals surface area contributed by atoms with Crippen molar-refractivity contribution in [3.8, 4) is 0 Å². The Morgan fingerprint density at radius 2 is 2.00 bits per heavy atom. The quantitative estimate of drug-likeness (QED) is 0.765. The molecular weight excluding hydrogens is 192 g/mol. The van der Waals surface area contributed by atoms with Gasteiger partial charge in [0.25, 0.3) is 0 Å². The number of hydrogen-bond acceptors (Lipinski definition) is 2. The number of carboxylic acids is 1. The van der Waals surface area contributed by atoms with Crippen molar-refractivity contribution in [3.63, 3.8) is 0 Å². The molecule has 3 heteroatoms. The van der Waals surface area contributed by atoms with Crippen LogP contribution in [0.3, 0.4) is 0 Å². The zero-order chi connectivity index (χ0) is 11.3. The minimum Gasteiger partial charge on any atom is -0.481 e. The second kappa shape index (κ2) is 5.50. The standard InChI is InChI=1S/C12H22O3/c1-3-9-15-10-5-7-12(4-2,8-6-10)11(13)14/h10H,3-9H2,1-2H3,(H,13,14)/t10-,12-. The number of carbonyl (C=O) groups is 1. The van der Waals surface area contributed by atoms with Crippen LogP contribution in [-0.2, 0) is 9.53 Å². The molecule has 0 aliphatic heterocycles. The molecule has 0 radical (unpaired) electrons. The van der Waals surface area contributed by atoms with E-state index in [1.807, 2.05) is 6.92 Å². The highest BCUT2D eigenvalue weighted by Gasteiger charge is 2.40. The fourth-order valence-electron chi connectivity index (χ4n) is 2.31. The van der Waals surface area contributed by atoms with Gasteiger partial charge in [-0.3, -0.25) is 4.79 Å². The molecule has 1 aliphatic carbocycles. The highest BCUT2D eigenvalue weighted by molar-refractivity contribution is 5.74. The molecule has 0 aromatic rings. The number of ether oxygens (including phenoxy) is 1. The molecule has 0 spiro atoms. The second-order valence-electron chi connectivity index (χ2n) is 4.51. The smallest absolute Gasteiger partial charge is 0.309 e. The van der Waals surface area contributed by atoms with E-state index >= 15 is 0 Å². The number of rotatable bonds is 5. The Kier molecular flexibility index (Phi) is 4.58. The average Bonchev–Trinajstić information content (AvgIpc) is 2.27. The number of aliphatic carboxylic acids is 1. The summed E-state index contributed by atoms with van der Waals surface area (Å²) >= 11 is 0.